The summed E-state index contributed by atoms with van der Waals surface area (Å²) in [6.07, 6.45) is -5.22. The molecule has 0 aliphatic heterocycles. The zero-order chi connectivity index (χ0) is 9.78. The van der Waals surface area contributed by atoms with Crippen molar-refractivity contribution in [2.75, 3.05) is 0 Å². The molecule has 0 aromatic rings. The number of halogens is 3. The molecule has 4 heteroatoms. The molecular weight excluding hydrogens is 169 g/mol. The Morgan fingerprint density at radius 2 is 2.08 bits per heavy atom. The molecule has 0 saturated carbocycles. The summed E-state index contributed by atoms with van der Waals surface area (Å²) < 4.78 is 41.4. The maximum atomic E-state index is 12.5. The Balaban J connectivity index is 4.11. The molecule has 12 heavy (non-hydrogen) atoms. The topological polar surface area (TPSA) is 9.23 Å². The maximum Gasteiger partial charge on any atom is 0.387 e. The van der Waals surface area contributed by atoms with Crippen LogP contribution in [0.2, 0.25) is 0 Å². The number of ether oxygens (including phenoxy) is 1. The van der Waals surface area contributed by atoms with Gasteiger partial charge in [-0.2, -0.15) is 8.78 Å². The lowest BCUT2D eigenvalue weighted by Crippen LogP contribution is -2.34. The summed E-state index contributed by atoms with van der Waals surface area (Å²) >= 11 is 0. The van der Waals surface area contributed by atoms with Crippen LogP contribution in [0, 0.1) is 0 Å². The lowest BCUT2D eigenvalue weighted by atomic mass is 10.3. The van der Waals surface area contributed by atoms with Crippen molar-refractivity contribution in [3.05, 3.63) is 12.7 Å². The van der Waals surface area contributed by atoms with E-state index in [9.17, 15) is 13.2 Å². The molecule has 0 N–H and O–H groups in total. The molecule has 0 aromatic carbocycles. The quantitative estimate of drug-likeness (QED) is 0.594. The molecule has 1 nitrogen and oxygen atoms in total. The number of hydrogen-bond acceptors (Lipinski definition) is 1. The smallest absolute Gasteiger partial charge is 0.311 e. The molecule has 0 bridgehead atoms. The molecule has 0 heterocycles. The Morgan fingerprint density at radius 3 is 2.33 bits per heavy atom. The Labute approximate surface area is 70.2 Å². The van der Waals surface area contributed by atoms with Crippen LogP contribution in [0.1, 0.15) is 20.3 Å². The number of rotatable bonds is 5. The first-order valence-electron chi connectivity index (χ1n) is 3.76. The monoisotopic (exact) mass is 182 g/mol. The molecule has 0 fully saturated rings. The van der Waals surface area contributed by atoms with E-state index in [1.807, 2.05) is 0 Å². The van der Waals surface area contributed by atoms with Crippen LogP contribution in [-0.2, 0) is 4.74 Å². The highest BCUT2D eigenvalue weighted by molar-refractivity contribution is 4.80. The third kappa shape index (κ3) is 3.26. The molecule has 0 aliphatic rings. The minimum absolute atomic E-state index is 0.353. The average molecular weight is 182 g/mol. The van der Waals surface area contributed by atoms with Crippen molar-refractivity contribution in [3.63, 3.8) is 0 Å². The molecule has 0 radical (unpaired) electrons. The fourth-order valence-electron chi connectivity index (χ4n) is 0.594. The summed E-state index contributed by atoms with van der Waals surface area (Å²) in [6, 6.07) is 0. The number of hydrogen-bond donors (Lipinski definition) is 0. The molecule has 72 valence electrons. The van der Waals surface area contributed by atoms with E-state index in [2.05, 4.69) is 11.3 Å². The second-order valence-electron chi connectivity index (χ2n) is 2.48. The fraction of sp³-hybridized carbons (Fsp3) is 0.750. The van der Waals surface area contributed by atoms with Crippen molar-refractivity contribution in [1.29, 1.82) is 0 Å². The Kier molecular flexibility index (Phi) is 4.31. The summed E-state index contributed by atoms with van der Waals surface area (Å²) in [5.41, 5.74) is 0. The predicted octanol–water partition coefficient (Wildman–Crippen LogP) is 2.92. The normalized spacial score (nSPS) is 17.1. The van der Waals surface area contributed by atoms with Gasteiger partial charge in [-0.05, 0) is 13.3 Å². The predicted molar refractivity (Wildman–Crippen MR) is 40.9 cm³/mol. The van der Waals surface area contributed by atoms with Gasteiger partial charge in [-0.15, -0.1) is 6.58 Å². The molecule has 2 unspecified atom stereocenters. The van der Waals surface area contributed by atoms with Gasteiger partial charge in [0.05, 0.1) is 6.10 Å². The van der Waals surface area contributed by atoms with Crippen molar-refractivity contribution < 1.29 is 17.9 Å². The SMILES string of the molecule is C=CC(CC)OC(F)(F)C(C)F. The van der Waals surface area contributed by atoms with Gasteiger partial charge >= 0.3 is 6.11 Å². The van der Waals surface area contributed by atoms with E-state index < -0.39 is 18.4 Å². The minimum atomic E-state index is -3.71. The van der Waals surface area contributed by atoms with Gasteiger partial charge in [-0.25, -0.2) is 4.39 Å². The van der Waals surface area contributed by atoms with Crippen LogP contribution < -0.4 is 0 Å². The first-order valence-corrected chi connectivity index (χ1v) is 3.76. The van der Waals surface area contributed by atoms with Crippen LogP contribution in [0.5, 0.6) is 0 Å². The van der Waals surface area contributed by atoms with E-state index in [1.54, 1.807) is 6.92 Å². The van der Waals surface area contributed by atoms with Crippen LogP contribution in [-0.4, -0.2) is 18.4 Å². The highest BCUT2D eigenvalue weighted by Crippen LogP contribution is 2.25. The van der Waals surface area contributed by atoms with Crippen molar-refractivity contribution in [3.8, 4) is 0 Å². The zero-order valence-corrected chi connectivity index (χ0v) is 7.19. The highest BCUT2D eigenvalue weighted by atomic mass is 19.3. The zero-order valence-electron chi connectivity index (χ0n) is 7.19. The van der Waals surface area contributed by atoms with Gasteiger partial charge in [0.25, 0.3) is 0 Å². The van der Waals surface area contributed by atoms with Gasteiger partial charge < -0.3 is 4.74 Å². The molecule has 0 saturated heterocycles. The third-order valence-corrected chi connectivity index (χ3v) is 1.44. The van der Waals surface area contributed by atoms with Crippen LogP contribution in [0.15, 0.2) is 12.7 Å². The second-order valence-corrected chi connectivity index (χ2v) is 2.48. The van der Waals surface area contributed by atoms with Gasteiger partial charge in [0.2, 0.25) is 0 Å². The summed E-state index contributed by atoms with van der Waals surface area (Å²) in [5.74, 6) is 0. The summed E-state index contributed by atoms with van der Waals surface area (Å²) in [7, 11) is 0. The molecule has 2 atom stereocenters. The Bertz CT molecular complexity index is 145. The van der Waals surface area contributed by atoms with Crippen molar-refractivity contribution in [2.45, 2.75) is 38.7 Å². The van der Waals surface area contributed by atoms with Crippen molar-refractivity contribution in [2.24, 2.45) is 0 Å². The van der Waals surface area contributed by atoms with Crippen LogP contribution in [0.3, 0.4) is 0 Å². The van der Waals surface area contributed by atoms with E-state index >= 15 is 0 Å². The lowest BCUT2D eigenvalue weighted by Gasteiger charge is -2.22. The average Bonchev–Trinajstić information content (AvgIpc) is 2.00. The van der Waals surface area contributed by atoms with Gasteiger partial charge in [-0.3, -0.25) is 0 Å². The van der Waals surface area contributed by atoms with E-state index in [1.165, 1.54) is 6.08 Å². The summed E-state index contributed by atoms with van der Waals surface area (Å²) in [4.78, 5) is 0. The van der Waals surface area contributed by atoms with E-state index in [0.29, 0.717) is 6.42 Å². The fourth-order valence-corrected chi connectivity index (χ4v) is 0.594. The van der Waals surface area contributed by atoms with Crippen molar-refractivity contribution in [1.82, 2.24) is 0 Å². The Hall–Kier alpha value is -0.510. The first-order chi connectivity index (χ1) is 5.44. The minimum Gasteiger partial charge on any atom is -0.311 e. The molecule has 0 spiro atoms. The molecule has 0 rings (SSSR count). The highest BCUT2D eigenvalue weighted by Gasteiger charge is 2.39. The lowest BCUT2D eigenvalue weighted by molar-refractivity contribution is -0.283. The van der Waals surface area contributed by atoms with Gasteiger partial charge in [0.15, 0.2) is 6.17 Å². The summed E-state index contributed by atoms with van der Waals surface area (Å²) in [6.45, 7) is 5.71. The Morgan fingerprint density at radius 1 is 1.58 bits per heavy atom. The molecule has 0 aliphatic carbocycles. The maximum absolute atomic E-state index is 12.5. The molecular formula is C8H13F3O. The van der Waals surface area contributed by atoms with Gasteiger partial charge in [-0.1, -0.05) is 13.0 Å². The number of alkyl halides is 3. The summed E-state index contributed by atoms with van der Waals surface area (Å²) in [5, 5.41) is 0. The van der Waals surface area contributed by atoms with Crippen LogP contribution in [0.4, 0.5) is 13.2 Å². The molecule has 0 aromatic heterocycles. The van der Waals surface area contributed by atoms with Crippen molar-refractivity contribution >= 4 is 0 Å². The largest absolute Gasteiger partial charge is 0.387 e. The first kappa shape index (κ1) is 11.5. The van der Waals surface area contributed by atoms with E-state index in [4.69, 9.17) is 0 Å². The second kappa shape index (κ2) is 4.50. The standard InChI is InChI=1S/C8H13F3O/c1-4-7(5-2)12-8(10,11)6(3)9/h4,6-7H,1,5H2,2-3H3. The van der Waals surface area contributed by atoms with Gasteiger partial charge in [0.1, 0.15) is 0 Å². The van der Waals surface area contributed by atoms with Crippen LogP contribution in [0.25, 0.3) is 0 Å². The van der Waals surface area contributed by atoms with Gasteiger partial charge in [0, 0.05) is 0 Å². The van der Waals surface area contributed by atoms with Crippen LogP contribution >= 0.6 is 0 Å². The molecule has 0 amide bonds. The van der Waals surface area contributed by atoms with E-state index in [-0.39, 0.29) is 0 Å². The van der Waals surface area contributed by atoms with E-state index in [0.717, 1.165) is 6.92 Å². The third-order valence-electron chi connectivity index (χ3n) is 1.44.